The molecular formula is C13H17BrFN3O2. The molecule has 0 heterocycles. The third-order valence-corrected chi connectivity index (χ3v) is 3.29. The van der Waals surface area contributed by atoms with Crippen LogP contribution in [0.5, 0.6) is 0 Å². The van der Waals surface area contributed by atoms with Crippen LogP contribution in [0.25, 0.3) is 0 Å². The predicted octanol–water partition coefficient (Wildman–Crippen LogP) is 1.63. The topological polar surface area (TPSA) is 84.2 Å². The third-order valence-electron chi connectivity index (χ3n) is 2.65. The molecule has 20 heavy (non-hydrogen) atoms. The van der Waals surface area contributed by atoms with E-state index in [1.54, 1.807) is 6.07 Å². The largest absolute Gasteiger partial charge is 0.346 e. The van der Waals surface area contributed by atoms with Crippen LogP contribution < -0.4 is 16.4 Å². The van der Waals surface area contributed by atoms with Crippen LogP contribution in [0.1, 0.15) is 13.8 Å². The standard InChI is InChI=1S/C13H17BrFN3O2/c1-7(2)12(16)13(20)17-6-11(19)18-8-3-4-9(14)10(15)5-8/h3-5,7,12H,6,16H2,1-2H3,(H,17,20)(H,18,19)/t12-/m0/s1. The number of nitrogens with two attached hydrogens (primary N) is 1. The monoisotopic (exact) mass is 345 g/mol. The second-order valence-electron chi connectivity index (χ2n) is 4.66. The van der Waals surface area contributed by atoms with Gasteiger partial charge in [0.05, 0.1) is 17.1 Å². The van der Waals surface area contributed by atoms with Crippen molar-refractivity contribution in [2.75, 3.05) is 11.9 Å². The van der Waals surface area contributed by atoms with Crippen molar-refractivity contribution in [3.05, 3.63) is 28.5 Å². The summed E-state index contributed by atoms with van der Waals surface area (Å²) in [4.78, 5) is 23.2. The van der Waals surface area contributed by atoms with E-state index in [4.69, 9.17) is 5.73 Å². The molecule has 7 heteroatoms. The summed E-state index contributed by atoms with van der Waals surface area (Å²) in [5, 5.41) is 4.91. The molecule has 0 spiro atoms. The van der Waals surface area contributed by atoms with Gasteiger partial charge in [0.2, 0.25) is 11.8 Å². The predicted molar refractivity (Wildman–Crippen MR) is 78.6 cm³/mol. The van der Waals surface area contributed by atoms with Crippen LogP contribution in [0.3, 0.4) is 0 Å². The first kappa shape index (κ1) is 16.6. The van der Waals surface area contributed by atoms with Crippen LogP contribution in [0.2, 0.25) is 0 Å². The van der Waals surface area contributed by atoms with Crippen molar-refractivity contribution in [3.8, 4) is 0 Å². The summed E-state index contributed by atoms with van der Waals surface area (Å²) in [6.07, 6.45) is 0. The second-order valence-corrected chi connectivity index (χ2v) is 5.52. The maximum Gasteiger partial charge on any atom is 0.243 e. The number of hydrogen-bond donors (Lipinski definition) is 3. The summed E-state index contributed by atoms with van der Waals surface area (Å²) < 4.78 is 13.6. The van der Waals surface area contributed by atoms with Crippen molar-refractivity contribution in [1.29, 1.82) is 0 Å². The molecule has 1 rings (SSSR count). The number of benzene rings is 1. The molecule has 0 unspecified atom stereocenters. The van der Waals surface area contributed by atoms with Gasteiger partial charge in [-0.2, -0.15) is 0 Å². The van der Waals surface area contributed by atoms with Crippen molar-refractivity contribution in [2.24, 2.45) is 11.7 Å². The third kappa shape index (κ3) is 4.90. The number of carbonyl (C=O) groups excluding carboxylic acids is 2. The Balaban J connectivity index is 2.48. The van der Waals surface area contributed by atoms with E-state index in [1.165, 1.54) is 12.1 Å². The minimum Gasteiger partial charge on any atom is -0.346 e. The van der Waals surface area contributed by atoms with E-state index < -0.39 is 23.7 Å². The van der Waals surface area contributed by atoms with E-state index in [2.05, 4.69) is 26.6 Å². The first-order valence-corrected chi connectivity index (χ1v) is 6.88. The van der Waals surface area contributed by atoms with E-state index in [0.717, 1.165) is 0 Å². The quantitative estimate of drug-likeness (QED) is 0.758. The van der Waals surface area contributed by atoms with Crippen molar-refractivity contribution in [1.82, 2.24) is 5.32 Å². The highest BCUT2D eigenvalue weighted by Crippen LogP contribution is 2.19. The number of halogens is 2. The zero-order chi connectivity index (χ0) is 15.3. The van der Waals surface area contributed by atoms with Gasteiger partial charge in [-0.05, 0) is 40.0 Å². The molecule has 0 radical (unpaired) electrons. The van der Waals surface area contributed by atoms with Crippen LogP contribution in [0.15, 0.2) is 22.7 Å². The molecule has 1 aromatic rings. The molecule has 0 saturated carbocycles. The lowest BCUT2D eigenvalue weighted by atomic mass is 10.1. The normalized spacial score (nSPS) is 12.1. The second kappa shape index (κ2) is 7.35. The van der Waals surface area contributed by atoms with Gasteiger partial charge in [0, 0.05) is 5.69 Å². The van der Waals surface area contributed by atoms with E-state index in [0.29, 0.717) is 10.2 Å². The average molecular weight is 346 g/mol. The molecule has 0 aliphatic heterocycles. The SMILES string of the molecule is CC(C)[C@H](N)C(=O)NCC(=O)Nc1ccc(Br)c(F)c1. The van der Waals surface area contributed by atoms with Gasteiger partial charge in [-0.15, -0.1) is 0 Å². The van der Waals surface area contributed by atoms with Gasteiger partial charge < -0.3 is 16.4 Å². The minimum atomic E-state index is -0.659. The molecule has 110 valence electrons. The van der Waals surface area contributed by atoms with Gasteiger partial charge in [0.1, 0.15) is 5.82 Å². The van der Waals surface area contributed by atoms with Crippen LogP contribution >= 0.6 is 15.9 Å². The van der Waals surface area contributed by atoms with Crippen molar-refractivity contribution in [2.45, 2.75) is 19.9 Å². The number of rotatable bonds is 5. The molecule has 0 fully saturated rings. The van der Waals surface area contributed by atoms with E-state index in [1.807, 2.05) is 13.8 Å². The van der Waals surface area contributed by atoms with E-state index >= 15 is 0 Å². The van der Waals surface area contributed by atoms with Crippen LogP contribution in [-0.2, 0) is 9.59 Å². The summed E-state index contributed by atoms with van der Waals surface area (Å²) in [5.41, 5.74) is 5.95. The van der Waals surface area contributed by atoms with Crippen LogP contribution in [0.4, 0.5) is 10.1 Å². The Morgan fingerprint density at radius 1 is 1.40 bits per heavy atom. The van der Waals surface area contributed by atoms with Crippen LogP contribution in [-0.4, -0.2) is 24.4 Å². The molecule has 4 N–H and O–H groups in total. The van der Waals surface area contributed by atoms with E-state index in [9.17, 15) is 14.0 Å². The lowest BCUT2D eigenvalue weighted by Crippen LogP contribution is -2.46. The molecule has 5 nitrogen and oxygen atoms in total. The summed E-state index contributed by atoms with van der Waals surface area (Å²) in [6.45, 7) is 3.42. The maximum atomic E-state index is 13.3. The maximum absolute atomic E-state index is 13.3. The number of carbonyl (C=O) groups is 2. The first-order chi connectivity index (χ1) is 9.31. The number of nitrogens with one attached hydrogen (secondary N) is 2. The van der Waals surface area contributed by atoms with Gasteiger partial charge in [-0.25, -0.2) is 4.39 Å². The van der Waals surface area contributed by atoms with Gasteiger partial charge >= 0.3 is 0 Å². The van der Waals surface area contributed by atoms with Crippen LogP contribution in [0, 0.1) is 11.7 Å². The van der Waals surface area contributed by atoms with Gasteiger partial charge in [0.15, 0.2) is 0 Å². The number of amides is 2. The Morgan fingerprint density at radius 2 is 2.05 bits per heavy atom. The molecule has 1 atom stereocenters. The zero-order valence-corrected chi connectivity index (χ0v) is 12.8. The molecule has 0 aromatic heterocycles. The lowest BCUT2D eigenvalue weighted by molar-refractivity contribution is -0.125. The molecule has 2 amide bonds. The summed E-state index contributed by atoms with van der Waals surface area (Å²) in [6, 6.07) is 3.56. The van der Waals surface area contributed by atoms with Crippen molar-refractivity contribution >= 4 is 33.4 Å². The Morgan fingerprint density at radius 3 is 2.60 bits per heavy atom. The fourth-order valence-corrected chi connectivity index (χ4v) is 1.61. The number of anilines is 1. The fraction of sp³-hybridized carbons (Fsp3) is 0.385. The highest BCUT2D eigenvalue weighted by Gasteiger charge is 2.17. The summed E-state index contributed by atoms with van der Waals surface area (Å²) in [5.74, 6) is -1.33. The smallest absolute Gasteiger partial charge is 0.243 e. The van der Waals surface area contributed by atoms with Gasteiger partial charge in [0.25, 0.3) is 0 Å². The average Bonchev–Trinajstić information content (AvgIpc) is 2.39. The van der Waals surface area contributed by atoms with Gasteiger partial charge in [-0.1, -0.05) is 13.8 Å². The van der Waals surface area contributed by atoms with Crippen molar-refractivity contribution in [3.63, 3.8) is 0 Å². The molecule has 0 aliphatic carbocycles. The Kier molecular flexibility index (Phi) is 6.09. The Labute approximate surface area is 125 Å². The molecule has 0 saturated heterocycles. The highest BCUT2D eigenvalue weighted by molar-refractivity contribution is 9.10. The Hall–Kier alpha value is -1.47. The molecule has 1 aromatic carbocycles. The summed E-state index contributed by atoms with van der Waals surface area (Å²) >= 11 is 3.02. The van der Waals surface area contributed by atoms with E-state index in [-0.39, 0.29) is 12.5 Å². The fourth-order valence-electron chi connectivity index (χ4n) is 1.37. The zero-order valence-electron chi connectivity index (χ0n) is 11.2. The molecular weight excluding hydrogens is 329 g/mol. The molecule has 0 bridgehead atoms. The first-order valence-electron chi connectivity index (χ1n) is 6.09. The van der Waals surface area contributed by atoms with Gasteiger partial charge in [-0.3, -0.25) is 9.59 Å². The minimum absolute atomic E-state index is 0.0152. The highest BCUT2D eigenvalue weighted by atomic mass is 79.9. The van der Waals surface area contributed by atoms with Crippen molar-refractivity contribution < 1.29 is 14.0 Å². The number of hydrogen-bond acceptors (Lipinski definition) is 3. The lowest BCUT2D eigenvalue weighted by Gasteiger charge is -2.15. The Bertz CT molecular complexity index is 508. The molecule has 0 aliphatic rings. The summed E-state index contributed by atoms with van der Waals surface area (Å²) in [7, 11) is 0.